The number of hydrogen-bond donors (Lipinski definition) is 1. The molecule has 2 heterocycles. The number of nitrogens with zero attached hydrogens (tertiary/aromatic N) is 1. The van der Waals surface area contributed by atoms with Crippen molar-refractivity contribution in [2.24, 2.45) is 0 Å². The third kappa shape index (κ3) is 1.35. The Hall–Kier alpha value is -1.16. The number of fused-ring (bicyclic) bond motifs is 1. The van der Waals surface area contributed by atoms with E-state index in [2.05, 4.69) is 26.2 Å². The van der Waals surface area contributed by atoms with E-state index < -0.39 is 0 Å². The Morgan fingerprint density at radius 2 is 2.21 bits per heavy atom. The number of aromatic nitrogens is 1. The number of anilines is 1. The minimum absolute atomic E-state index is 0.0643. The lowest BCUT2D eigenvalue weighted by atomic mass is 10.1. The van der Waals surface area contributed by atoms with Crippen molar-refractivity contribution >= 4 is 33.1 Å². The number of rotatable bonds is 0. The largest absolute Gasteiger partial charge is 0.320 e. The van der Waals surface area contributed by atoms with Gasteiger partial charge in [-0.25, -0.2) is 0 Å². The van der Waals surface area contributed by atoms with Gasteiger partial charge >= 0.3 is 0 Å². The molecular formula is C10H9BrN2O. The van der Waals surface area contributed by atoms with Gasteiger partial charge in [0.15, 0.2) is 0 Å². The number of nitrogens with one attached hydrogen (secondary N) is 1. The first-order valence-electron chi connectivity index (χ1n) is 4.24. The fourth-order valence-corrected chi connectivity index (χ4v) is 1.82. The predicted octanol–water partition coefficient (Wildman–Crippen LogP) is 2.59. The van der Waals surface area contributed by atoms with Gasteiger partial charge in [-0.2, -0.15) is 0 Å². The molecule has 0 atom stereocenters. The topological polar surface area (TPSA) is 42.0 Å². The first kappa shape index (κ1) is 9.40. The average molecular weight is 253 g/mol. The van der Waals surface area contributed by atoms with Gasteiger partial charge in [0.25, 0.3) is 5.91 Å². The molecule has 1 aliphatic heterocycles. The minimum Gasteiger partial charge on any atom is -0.320 e. The zero-order valence-electron chi connectivity index (χ0n) is 7.89. The molecule has 1 aromatic heterocycles. The Labute approximate surface area is 90.4 Å². The van der Waals surface area contributed by atoms with E-state index in [4.69, 9.17) is 0 Å². The van der Waals surface area contributed by atoms with Crippen molar-refractivity contribution in [3.8, 4) is 0 Å². The van der Waals surface area contributed by atoms with Crippen LogP contribution in [0.5, 0.6) is 0 Å². The van der Waals surface area contributed by atoms with E-state index in [0.29, 0.717) is 5.57 Å². The number of carbonyl (C=O) groups is 1. The maximum absolute atomic E-state index is 11.6. The van der Waals surface area contributed by atoms with Gasteiger partial charge < -0.3 is 5.32 Å². The second-order valence-electron chi connectivity index (χ2n) is 3.38. The number of pyridine rings is 1. The number of allylic oxidation sites excluding steroid dienone is 1. The molecule has 0 saturated carbocycles. The first-order chi connectivity index (χ1) is 6.59. The van der Waals surface area contributed by atoms with E-state index in [1.54, 1.807) is 6.20 Å². The summed E-state index contributed by atoms with van der Waals surface area (Å²) in [7, 11) is 0. The highest BCUT2D eigenvalue weighted by atomic mass is 79.9. The molecule has 72 valence electrons. The van der Waals surface area contributed by atoms with Gasteiger partial charge in [-0.05, 0) is 35.8 Å². The maximum Gasteiger partial charge on any atom is 0.257 e. The molecule has 0 unspecified atom stereocenters. The van der Waals surface area contributed by atoms with Gasteiger partial charge in [0.1, 0.15) is 0 Å². The molecule has 4 heteroatoms. The fourth-order valence-electron chi connectivity index (χ4n) is 1.49. The molecule has 1 aliphatic rings. The van der Waals surface area contributed by atoms with Gasteiger partial charge in [0, 0.05) is 10.7 Å². The Morgan fingerprint density at radius 1 is 1.50 bits per heavy atom. The molecule has 0 spiro atoms. The van der Waals surface area contributed by atoms with E-state index in [9.17, 15) is 4.79 Å². The standard InChI is InChI=1S/C10H9BrN2O/c1-5(2)8-9-7(13-10(8)14)3-6(11)4-12-9/h3-4H,1-2H3,(H,13,14). The average Bonchev–Trinajstić information content (AvgIpc) is 2.39. The summed E-state index contributed by atoms with van der Waals surface area (Å²) in [5, 5.41) is 2.78. The van der Waals surface area contributed by atoms with E-state index in [1.165, 1.54) is 0 Å². The zero-order chi connectivity index (χ0) is 10.3. The Kier molecular flexibility index (Phi) is 2.15. The fraction of sp³-hybridized carbons (Fsp3) is 0.200. The van der Waals surface area contributed by atoms with E-state index >= 15 is 0 Å². The van der Waals surface area contributed by atoms with Crippen molar-refractivity contribution in [1.82, 2.24) is 4.98 Å². The minimum atomic E-state index is -0.0643. The number of carbonyl (C=O) groups excluding carboxylic acids is 1. The number of hydrogen-bond acceptors (Lipinski definition) is 2. The monoisotopic (exact) mass is 252 g/mol. The zero-order valence-corrected chi connectivity index (χ0v) is 9.47. The summed E-state index contributed by atoms with van der Waals surface area (Å²) in [6, 6.07) is 1.86. The highest BCUT2D eigenvalue weighted by Crippen LogP contribution is 2.33. The highest BCUT2D eigenvalue weighted by molar-refractivity contribution is 9.10. The number of halogens is 1. The molecule has 1 amide bonds. The summed E-state index contributed by atoms with van der Waals surface area (Å²) in [6.07, 6.45) is 1.70. The Bertz CT molecular complexity index is 447. The van der Waals surface area contributed by atoms with Crippen molar-refractivity contribution in [3.05, 3.63) is 28.0 Å². The molecule has 2 rings (SSSR count). The van der Waals surface area contributed by atoms with E-state index in [0.717, 1.165) is 21.4 Å². The van der Waals surface area contributed by atoms with Crippen LogP contribution in [0, 0.1) is 0 Å². The van der Waals surface area contributed by atoms with E-state index in [-0.39, 0.29) is 5.91 Å². The normalized spacial score (nSPS) is 13.9. The van der Waals surface area contributed by atoms with Crippen LogP contribution < -0.4 is 5.32 Å². The second-order valence-corrected chi connectivity index (χ2v) is 4.29. The Balaban J connectivity index is 2.65. The van der Waals surface area contributed by atoms with Crippen LogP contribution in [0.3, 0.4) is 0 Å². The van der Waals surface area contributed by atoms with Crippen molar-refractivity contribution in [2.75, 3.05) is 5.32 Å². The van der Waals surface area contributed by atoms with Crippen LogP contribution in [-0.4, -0.2) is 10.9 Å². The van der Waals surface area contributed by atoms with Crippen molar-refractivity contribution in [3.63, 3.8) is 0 Å². The summed E-state index contributed by atoms with van der Waals surface area (Å²) >= 11 is 3.31. The molecule has 0 bridgehead atoms. The summed E-state index contributed by atoms with van der Waals surface area (Å²) in [4.78, 5) is 15.8. The SMILES string of the molecule is CC(C)=C1C(=O)Nc2cc(Br)cnc21. The van der Waals surface area contributed by atoms with Crippen LogP contribution in [0.2, 0.25) is 0 Å². The van der Waals surface area contributed by atoms with Gasteiger partial charge in [-0.15, -0.1) is 0 Å². The summed E-state index contributed by atoms with van der Waals surface area (Å²) < 4.78 is 0.867. The molecular weight excluding hydrogens is 244 g/mol. The lowest BCUT2D eigenvalue weighted by Gasteiger charge is -1.98. The molecule has 14 heavy (non-hydrogen) atoms. The van der Waals surface area contributed by atoms with Crippen molar-refractivity contribution in [1.29, 1.82) is 0 Å². The Morgan fingerprint density at radius 3 is 2.86 bits per heavy atom. The first-order valence-corrected chi connectivity index (χ1v) is 5.03. The smallest absolute Gasteiger partial charge is 0.257 e. The molecule has 0 aliphatic carbocycles. The molecule has 0 aromatic carbocycles. The third-order valence-electron chi connectivity index (χ3n) is 2.07. The van der Waals surface area contributed by atoms with Crippen molar-refractivity contribution < 1.29 is 4.79 Å². The lowest BCUT2D eigenvalue weighted by Crippen LogP contribution is -2.04. The van der Waals surface area contributed by atoms with Crippen molar-refractivity contribution in [2.45, 2.75) is 13.8 Å². The molecule has 0 radical (unpaired) electrons. The van der Waals surface area contributed by atoms with Crippen LogP contribution in [0.4, 0.5) is 5.69 Å². The highest BCUT2D eigenvalue weighted by Gasteiger charge is 2.26. The van der Waals surface area contributed by atoms with Crippen LogP contribution in [0.25, 0.3) is 5.57 Å². The molecule has 1 aromatic rings. The van der Waals surface area contributed by atoms with Crippen LogP contribution in [0.15, 0.2) is 22.3 Å². The van der Waals surface area contributed by atoms with E-state index in [1.807, 2.05) is 19.9 Å². The lowest BCUT2D eigenvalue weighted by molar-refractivity contribution is -0.110. The summed E-state index contributed by atoms with van der Waals surface area (Å²) in [5.74, 6) is -0.0643. The molecule has 3 nitrogen and oxygen atoms in total. The predicted molar refractivity (Wildman–Crippen MR) is 58.8 cm³/mol. The van der Waals surface area contributed by atoms with Crippen LogP contribution >= 0.6 is 15.9 Å². The van der Waals surface area contributed by atoms with Gasteiger partial charge in [-0.3, -0.25) is 9.78 Å². The second kappa shape index (κ2) is 3.20. The van der Waals surface area contributed by atoms with Gasteiger partial charge in [-0.1, -0.05) is 5.57 Å². The summed E-state index contributed by atoms with van der Waals surface area (Å²) in [5.41, 5.74) is 3.20. The number of amides is 1. The summed E-state index contributed by atoms with van der Waals surface area (Å²) in [6.45, 7) is 3.82. The maximum atomic E-state index is 11.6. The van der Waals surface area contributed by atoms with Gasteiger partial charge in [0.05, 0.1) is 17.0 Å². The third-order valence-corrected chi connectivity index (χ3v) is 2.50. The quantitative estimate of drug-likeness (QED) is 0.722. The molecule has 0 fully saturated rings. The van der Waals surface area contributed by atoms with Gasteiger partial charge in [0.2, 0.25) is 0 Å². The van der Waals surface area contributed by atoms with Crippen LogP contribution in [0.1, 0.15) is 19.5 Å². The van der Waals surface area contributed by atoms with Crippen LogP contribution in [-0.2, 0) is 4.79 Å². The molecule has 1 N–H and O–H groups in total. The molecule has 0 saturated heterocycles.